The van der Waals surface area contributed by atoms with E-state index in [9.17, 15) is 4.79 Å². The molecule has 136 valence electrons. The molecule has 1 aliphatic heterocycles. The summed E-state index contributed by atoms with van der Waals surface area (Å²) in [7, 11) is 0. The Morgan fingerprint density at radius 2 is 2.24 bits per heavy atom. The first-order chi connectivity index (χ1) is 12.1. The maximum Gasteiger partial charge on any atom is 0.317 e. The molecule has 0 aromatic carbocycles. The van der Waals surface area contributed by atoms with Crippen LogP contribution in [0.4, 0.5) is 4.79 Å². The number of aryl methyl sites for hydroxylation is 1. The van der Waals surface area contributed by atoms with Gasteiger partial charge in [0.2, 0.25) is 0 Å². The number of carbonyl (C=O) groups is 1. The number of amides is 2. The second-order valence-corrected chi connectivity index (χ2v) is 6.98. The number of urea groups is 1. The van der Waals surface area contributed by atoms with Crippen LogP contribution < -0.4 is 5.32 Å². The molecule has 7 heteroatoms. The number of nitrogens with zero attached hydrogens (tertiary/aromatic N) is 5. The van der Waals surface area contributed by atoms with E-state index in [1.165, 1.54) is 6.42 Å². The lowest BCUT2D eigenvalue weighted by molar-refractivity contribution is 0.143. The van der Waals surface area contributed by atoms with E-state index in [-0.39, 0.29) is 12.1 Å². The zero-order valence-corrected chi connectivity index (χ0v) is 15.1. The minimum atomic E-state index is 0.0301. The second kappa shape index (κ2) is 8.18. The van der Waals surface area contributed by atoms with Gasteiger partial charge in [-0.05, 0) is 45.6 Å². The van der Waals surface area contributed by atoms with Crippen LogP contribution in [0.1, 0.15) is 51.1 Å². The van der Waals surface area contributed by atoms with E-state index in [4.69, 9.17) is 0 Å². The molecule has 1 atom stereocenters. The minimum Gasteiger partial charge on any atom is -0.334 e. The van der Waals surface area contributed by atoms with Gasteiger partial charge in [0.15, 0.2) is 0 Å². The number of aromatic nitrogens is 4. The van der Waals surface area contributed by atoms with Gasteiger partial charge in [-0.15, -0.1) is 0 Å². The highest BCUT2D eigenvalue weighted by molar-refractivity contribution is 5.74. The summed E-state index contributed by atoms with van der Waals surface area (Å²) >= 11 is 0. The molecule has 0 bridgehead atoms. The predicted octanol–water partition coefficient (Wildman–Crippen LogP) is 2.81. The standard InChI is InChI=1S/C18H28N6O/c1-15(2)24-14-16(13-21-24)12-19-18(25)23-10-4-3-6-17(23)7-11-22-9-5-8-20-22/h5,8-9,13-15,17H,3-4,6-7,10-12H2,1-2H3,(H,19,25)/t17-/m1/s1. The van der Waals surface area contributed by atoms with Crippen LogP contribution in [0.15, 0.2) is 30.9 Å². The molecule has 3 rings (SSSR count). The third-order valence-electron chi connectivity index (χ3n) is 4.77. The van der Waals surface area contributed by atoms with E-state index in [2.05, 4.69) is 29.4 Å². The van der Waals surface area contributed by atoms with Gasteiger partial charge in [0.1, 0.15) is 0 Å². The average Bonchev–Trinajstić information content (AvgIpc) is 3.30. The van der Waals surface area contributed by atoms with Gasteiger partial charge in [-0.2, -0.15) is 10.2 Å². The molecule has 0 radical (unpaired) electrons. The minimum absolute atomic E-state index is 0.0301. The molecule has 2 amide bonds. The number of hydrogen-bond acceptors (Lipinski definition) is 3. The Bertz CT molecular complexity index is 663. The van der Waals surface area contributed by atoms with Crippen molar-refractivity contribution in [2.45, 2.75) is 64.7 Å². The fourth-order valence-electron chi connectivity index (χ4n) is 3.31. The number of hydrogen-bond donors (Lipinski definition) is 1. The summed E-state index contributed by atoms with van der Waals surface area (Å²) in [5, 5.41) is 11.6. The first-order valence-corrected chi connectivity index (χ1v) is 9.18. The van der Waals surface area contributed by atoms with Crippen molar-refractivity contribution in [3.63, 3.8) is 0 Å². The summed E-state index contributed by atoms with van der Waals surface area (Å²) in [5.41, 5.74) is 1.03. The molecule has 2 aromatic heterocycles. The summed E-state index contributed by atoms with van der Waals surface area (Å²) in [6, 6.07) is 2.58. The van der Waals surface area contributed by atoms with E-state index in [1.807, 2.05) is 38.9 Å². The van der Waals surface area contributed by atoms with Crippen molar-refractivity contribution in [2.75, 3.05) is 6.54 Å². The summed E-state index contributed by atoms with van der Waals surface area (Å²) in [6.45, 7) is 6.39. The van der Waals surface area contributed by atoms with Crippen LogP contribution in [0.2, 0.25) is 0 Å². The van der Waals surface area contributed by atoms with Crippen LogP contribution in [0.5, 0.6) is 0 Å². The van der Waals surface area contributed by atoms with Crippen molar-refractivity contribution < 1.29 is 4.79 Å². The molecular weight excluding hydrogens is 316 g/mol. The second-order valence-electron chi connectivity index (χ2n) is 6.98. The molecule has 1 saturated heterocycles. The van der Waals surface area contributed by atoms with Gasteiger partial charge in [-0.1, -0.05) is 0 Å². The summed E-state index contributed by atoms with van der Waals surface area (Å²) in [5.74, 6) is 0. The lowest BCUT2D eigenvalue weighted by Gasteiger charge is -2.35. The van der Waals surface area contributed by atoms with Gasteiger partial charge in [-0.3, -0.25) is 9.36 Å². The highest BCUT2D eigenvalue weighted by atomic mass is 16.2. The van der Waals surface area contributed by atoms with Crippen molar-refractivity contribution in [3.8, 4) is 0 Å². The van der Waals surface area contributed by atoms with E-state index in [0.29, 0.717) is 12.6 Å². The third-order valence-corrected chi connectivity index (χ3v) is 4.77. The first-order valence-electron chi connectivity index (χ1n) is 9.18. The zero-order chi connectivity index (χ0) is 17.6. The lowest BCUT2D eigenvalue weighted by Crippen LogP contribution is -2.48. The number of piperidine rings is 1. The SMILES string of the molecule is CC(C)n1cc(CNC(=O)N2CCCC[C@@H]2CCn2cccn2)cn1. The van der Waals surface area contributed by atoms with Crippen LogP contribution in [0.3, 0.4) is 0 Å². The van der Waals surface area contributed by atoms with Gasteiger partial charge in [-0.25, -0.2) is 4.79 Å². The normalized spacial score (nSPS) is 17.9. The number of nitrogens with one attached hydrogen (secondary N) is 1. The Morgan fingerprint density at radius 1 is 1.36 bits per heavy atom. The van der Waals surface area contributed by atoms with E-state index < -0.39 is 0 Å². The largest absolute Gasteiger partial charge is 0.334 e. The Hall–Kier alpha value is -2.31. The molecule has 7 nitrogen and oxygen atoms in total. The monoisotopic (exact) mass is 344 g/mol. The zero-order valence-electron chi connectivity index (χ0n) is 15.1. The summed E-state index contributed by atoms with van der Waals surface area (Å²) in [6.07, 6.45) is 11.9. The molecule has 1 aliphatic rings. The van der Waals surface area contributed by atoms with Crippen LogP contribution in [-0.4, -0.2) is 43.1 Å². The molecule has 1 fully saturated rings. The number of likely N-dealkylation sites (tertiary alicyclic amines) is 1. The molecule has 0 spiro atoms. The van der Waals surface area contributed by atoms with Gasteiger partial charge in [0.25, 0.3) is 0 Å². The summed E-state index contributed by atoms with van der Waals surface area (Å²) < 4.78 is 3.85. The topological polar surface area (TPSA) is 68.0 Å². The molecular formula is C18H28N6O. The van der Waals surface area contributed by atoms with Crippen molar-refractivity contribution in [3.05, 3.63) is 36.4 Å². The molecule has 0 unspecified atom stereocenters. The molecule has 2 aromatic rings. The Morgan fingerprint density at radius 3 is 2.96 bits per heavy atom. The van der Waals surface area contributed by atoms with Gasteiger partial charge >= 0.3 is 6.03 Å². The van der Waals surface area contributed by atoms with Gasteiger partial charge in [0.05, 0.1) is 6.20 Å². The highest BCUT2D eigenvalue weighted by Crippen LogP contribution is 2.20. The van der Waals surface area contributed by atoms with Crippen LogP contribution in [0, 0.1) is 0 Å². The predicted molar refractivity (Wildman–Crippen MR) is 96.0 cm³/mol. The molecule has 0 aliphatic carbocycles. The number of carbonyl (C=O) groups excluding carboxylic acids is 1. The van der Waals surface area contributed by atoms with E-state index in [1.54, 1.807) is 6.20 Å². The fourth-order valence-corrected chi connectivity index (χ4v) is 3.31. The fraction of sp³-hybridized carbons (Fsp3) is 0.611. The molecule has 25 heavy (non-hydrogen) atoms. The number of rotatable bonds is 6. The third kappa shape index (κ3) is 4.61. The lowest BCUT2D eigenvalue weighted by atomic mass is 10.00. The Kier molecular flexibility index (Phi) is 5.73. The molecule has 0 saturated carbocycles. The first kappa shape index (κ1) is 17.5. The smallest absolute Gasteiger partial charge is 0.317 e. The maximum atomic E-state index is 12.6. The van der Waals surface area contributed by atoms with Crippen LogP contribution in [0.25, 0.3) is 0 Å². The molecule has 1 N–H and O–H groups in total. The Balaban J connectivity index is 1.52. The highest BCUT2D eigenvalue weighted by Gasteiger charge is 2.26. The van der Waals surface area contributed by atoms with Crippen molar-refractivity contribution in [2.24, 2.45) is 0 Å². The average molecular weight is 344 g/mol. The van der Waals surface area contributed by atoms with Crippen LogP contribution >= 0.6 is 0 Å². The van der Waals surface area contributed by atoms with Gasteiger partial charge < -0.3 is 10.2 Å². The quantitative estimate of drug-likeness (QED) is 0.876. The van der Waals surface area contributed by atoms with E-state index in [0.717, 1.165) is 37.9 Å². The maximum absolute atomic E-state index is 12.6. The summed E-state index contributed by atoms with van der Waals surface area (Å²) in [4.78, 5) is 14.6. The van der Waals surface area contributed by atoms with Crippen LogP contribution in [-0.2, 0) is 13.1 Å². The Labute approximate surface area is 149 Å². The van der Waals surface area contributed by atoms with Gasteiger partial charge in [0, 0.05) is 55.9 Å². The molecule has 3 heterocycles. The van der Waals surface area contributed by atoms with Crippen molar-refractivity contribution in [1.82, 2.24) is 29.8 Å². The van der Waals surface area contributed by atoms with Crippen molar-refractivity contribution in [1.29, 1.82) is 0 Å². The van der Waals surface area contributed by atoms with E-state index >= 15 is 0 Å². The van der Waals surface area contributed by atoms with Crippen molar-refractivity contribution >= 4 is 6.03 Å².